The van der Waals surface area contributed by atoms with Gasteiger partial charge in [0.2, 0.25) is 5.88 Å². The summed E-state index contributed by atoms with van der Waals surface area (Å²) in [5.41, 5.74) is 7.67. The van der Waals surface area contributed by atoms with Crippen molar-refractivity contribution in [3.8, 4) is 5.88 Å². The molecule has 0 atom stereocenters. The maximum atomic E-state index is 5.61. The Hall–Kier alpha value is -1.35. The van der Waals surface area contributed by atoms with Gasteiger partial charge < -0.3 is 10.5 Å². The molecule has 0 aliphatic carbocycles. The molecule has 0 aliphatic rings. The molecule has 3 nitrogen and oxygen atoms in total. The summed E-state index contributed by atoms with van der Waals surface area (Å²) in [6.07, 6.45) is 1.70. The van der Waals surface area contributed by atoms with Gasteiger partial charge in [-0.1, -0.05) is 26.5 Å². The lowest BCUT2D eigenvalue weighted by Crippen LogP contribution is -2.04. The summed E-state index contributed by atoms with van der Waals surface area (Å²) >= 11 is 0. The van der Waals surface area contributed by atoms with Gasteiger partial charge in [0.05, 0.1) is 0 Å². The standard InChI is InChI=1S/C12H18N2O/c1-4-5-15-12-7-10(8-13)6-11(14-12)9(2)3/h4,6-7,9H,1,5,8,13H2,2-3H3. The number of rotatable bonds is 5. The fourth-order valence-corrected chi connectivity index (χ4v) is 1.21. The van der Waals surface area contributed by atoms with Crippen molar-refractivity contribution in [1.29, 1.82) is 0 Å². The van der Waals surface area contributed by atoms with E-state index in [1.54, 1.807) is 6.08 Å². The number of hydrogen-bond acceptors (Lipinski definition) is 3. The lowest BCUT2D eigenvalue weighted by Gasteiger charge is -2.10. The number of hydrogen-bond donors (Lipinski definition) is 1. The fourth-order valence-electron chi connectivity index (χ4n) is 1.21. The van der Waals surface area contributed by atoms with Crippen LogP contribution >= 0.6 is 0 Å². The summed E-state index contributed by atoms with van der Waals surface area (Å²) in [5.74, 6) is 1.00. The summed E-state index contributed by atoms with van der Waals surface area (Å²) in [7, 11) is 0. The van der Waals surface area contributed by atoms with Crippen molar-refractivity contribution >= 4 is 0 Å². The zero-order chi connectivity index (χ0) is 11.3. The van der Waals surface area contributed by atoms with E-state index in [9.17, 15) is 0 Å². The van der Waals surface area contributed by atoms with E-state index < -0.39 is 0 Å². The first-order valence-corrected chi connectivity index (χ1v) is 5.12. The average molecular weight is 206 g/mol. The smallest absolute Gasteiger partial charge is 0.214 e. The Bertz CT molecular complexity index is 334. The average Bonchev–Trinajstić information content (AvgIpc) is 2.25. The van der Waals surface area contributed by atoms with Crippen molar-refractivity contribution in [2.45, 2.75) is 26.3 Å². The van der Waals surface area contributed by atoms with Crippen LogP contribution in [0.2, 0.25) is 0 Å². The van der Waals surface area contributed by atoms with Gasteiger partial charge in [-0.15, -0.1) is 0 Å². The third kappa shape index (κ3) is 3.36. The minimum atomic E-state index is 0.377. The van der Waals surface area contributed by atoms with Crippen molar-refractivity contribution < 1.29 is 4.74 Å². The van der Waals surface area contributed by atoms with E-state index >= 15 is 0 Å². The summed E-state index contributed by atoms with van der Waals surface area (Å²) in [6, 6.07) is 3.89. The van der Waals surface area contributed by atoms with Crippen molar-refractivity contribution in [2.75, 3.05) is 6.61 Å². The molecule has 15 heavy (non-hydrogen) atoms. The highest BCUT2D eigenvalue weighted by atomic mass is 16.5. The molecule has 0 aromatic carbocycles. The van der Waals surface area contributed by atoms with E-state index in [1.807, 2.05) is 12.1 Å². The third-order valence-electron chi connectivity index (χ3n) is 2.06. The number of pyridine rings is 1. The minimum absolute atomic E-state index is 0.377. The quantitative estimate of drug-likeness (QED) is 0.751. The van der Waals surface area contributed by atoms with Crippen LogP contribution in [0.5, 0.6) is 5.88 Å². The molecule has 0 bridgehead atoms. The van der Waals surface area contributed by atoms with E-state index in [4.69, 9.17) is 10.5 Å². The van der Waals surface area contributed by atoms with E-state index in [-0.39, 0.29) is 0 Å². The van der Waals surface area contributed by atoms with Crippen LogP contribution < -0.4 is 10.5 Å². The molecule has 0 saturated heterocycles. The van der Waals surface area contributed by atoms with Gasteiger partial charge in [-0.05, 0) is 17.5 Å². The molecular formula is C12H18N2O. The maximum absolute atomic E-state index is 5.61. The van der Waals surface area contributed by atoms with Crippen molar-refractivity contribution in [1.82, 2.24) is 4.98 Å². The first kappa shape index (κ1) is 11.7. The van der Waals surface area contributed by atoms with Gasteiger partial charge in [-0.2, -0.15) is 0 Å². The minimum Gasteiger partial charge on any atom is -0.473 e. The van der Waals surface area contributed by atoms with Crippen LogP contribution in [0.1, 0.15) is 31.0 Å². The molecule has 1 heterocycles. The predicted octanol–water partition coefficient (Wildman–Crippen LogP) is 2.23. The Morgan fingerprint density at radius 1 is 1.53 bits per heavy atom. The Kier molecular flexibility index (Phi) is 4.31. The van der Waals surface area contributed by atoms with Gasteiger partial charge >= 0.3 is 0 Å². The number of aromatic nitrogens is 1. The topological polar surface area (TPSA) is 48.1 Å². The second kappa shape index (κ2) is 5.51. The lowest BCUT2D eigenvalue weighted by molar-refractivity contribution is 0.346. The molecule has 0 spiro atoms. The zero-order valence-electron chi connectivity index (χ0n) is 9.36. The Morgan fingerprint density at radius 2 is 2.27 bits per heavy atom. The van der Waals surface area contributed by atoms with Crippen LogP contribution in [0.3, 0.4) is 0 Å². The Balaban J connectivity index is 2.94. The van der Waals surface area contributed by atoms with Crippen LogP contribution in [0.4, 0.5) is 0 Å². The van der Waals surface area contributed by atoms with E-state index in [0.29, 0.717) is 24.9 Å². The van der Waals surface area contributed by atoms with Crippen molar-refractivity contribution in [2.24, 2.45) is 5.73 Å². The highest BCUT2D eigenvalue weighted by Gasteiger charge is 2.05. The first-order valence-electron chi connectivity index (χ1n) is 5.12. The SMILES string of the molecule is C=CCOc1cc(CN)cc(C(C)C)n1. The molecule has 0 unspecified atom stereocenters. The molecule has 1 aromatic rings. The highest BCUT2D eigenvalue weighted by molar-refractivity contribution is 5.26. The van der Waals surface area contributed by atoms with E-state index in [2.05, 4.69) is 25.4 Å². The van der Waals surface area contributed by atoms with Crippen LogP contribution in [0.15, 0.2) is 24.8 Å². The molecule has 0 fully saturated rings. The Morgan fingerprint density at radius 3 is 2.80 bits per heavy atom. The van der Waals surface area contributed by atoms with Gasteiger partial charge in [0, 0.05) is 18.3 Å². The molecule has 82 valence electrons. The maximum Gasteiger partial charge on any atom is 0.214 e. The summed E-state index contributed by atoms with van der Waals surface area (Å²) in [6.45, 7) is 8.77. The van der Waals surface area contributed by atoms with Gasteiger partial charge in [0.1, 0.15) is 6.61 Å². The normalized spacial score (nSPS) is 10.4. The highest BCUT2D eigenvalue weighted by Crippen LogP contribution is 2.18. The molecular weight excluding hydrogens is 188 g/mol. The molecule has 3 heteroatoms. The summed E-state index contributed by atoms with van der Waals surface area (Å²) < 4.78 is 5.40. The van der Waals surface area contributed by atoms with Gasteiger partial charge in [0.15, 0.2) is 0 Å². The lowest BCUT2D eigenvalue weighted by atomic mass is 10.1. The van der Waals surface area contributed by atoms with Crippen LogP contribution in [-0.2, 0) is 6.54 Å². The second-order valence-corrected chi connectivity index (χ2v) is 3.70. The number of ether oxygens (including phenoxy) is 1. The summed E-state index contributed by atoms with van der Waals surface area (Å²) in [4.78, 5) is 4.39. The van der Waals surface area contributed by atoms with Crippen molar-refractivity contribution in [3.05, 3.63) is 36.0 Å². The first-order chi connectivity index (χ1) is 7.17. The van der Waals surface area contributed by atoms with Crippen LogP contribution in [0, 0.1) is 0 Å². The van der Waals surface area contributed by atoms with Gasteiger partial charge in [0.25, 0.3) is 0 Å². The summed E-state index contributed by atoms with van der Waals surface area (Å²) in [5, 5.41) is 0. The van der Waals surface area contributed by atoms with Gasteiger partial charge in [-0.25, -0.2) is 4.98 Å². The van der Waals surface area contributed by atoms with E-state index in [1.165, 1.54) is 0 Å². The number of nitrogens with two attached hydrogens (primary N) is 1. The zero-order valence-corrected chi connectivity index (χ0v) is 9.36. The molecule has 2 N–H and O–H groups in total. The van der Waals surface area contributed by atoms with Crippen LogP contribution in [0.25, 0.3) is 0 Å². The van der Waals surface area contributed by atoms with Crippen LogP contribution in [-0.4, -0.2) is 11.6 Å². The molecule has 0 saturated carbocycles. The molecule has 1 aromatic heterocycles. The predicted molar refractivity (Wildman–Crippen MR) is 61.9 cm³/mol. The third-order valence-corrected chi connectivity index (χ3v) is 2.06. The van der Waals surface area contributed by atoms with Crippen molar-refractivity contribution in [3.63, 3.8) is 0 Å². The molecule has 0 amide bonds. The monoisotopic (exact) mass is 206 g/mol. The van der Waals surface area contributed by atoms with Gasteiger partial charge in [-0.3, -0.25) is 0 Å². The second-order valence-electron chi connectivity index (χ2n) is 3.70. The fraction of sp³-hybridized carbons (Fsp3) is 0.417. The molecule has 0 aliphatic heterocycles. The largest absolute Gasteiger partial charge is 0.473 e. The number of nitrogens with zero attached hydrogens (tertiary/aromatic N) is 1. The van der Waals surface area contributed by atoms with E-state index in [0.717, 1.165) is 11.3 Å². The molecule has 1 rings (SSSR count). The molecule has 0 radical (unpaired) electrons. The Labute approximate surface area is 91.0 Å².